The highest BCUT2D eigenvalue weighted by Crippen LogP contribution is 2.18. The van der Waals surface area contributed by atoms with Crippen LogP contribution in [0.4, 0.5) is 0 Å². The van der Waals surface area contributed by atoms with Gasteiger partial charge >= 0.3 is 11.9 Å². The van der Waals surface area contributed by atoms with Crippen molar-refractivity contribution < 1.29 is 24.2 Å². The van der Waals surface area contributed by atoms with Gasteiger partial charge in [-0.05, 0) is 70.6 Å². The molecule has 1 amide bonds. The number of aliphatic carboxylic acids is 1. The molecule has 0 fully saturated rings. The van der Waals surface area contributed by atoms with Crippen LogP contribution in [0.3, 0.4) is 0 Å². The SMILES string of the molecule is CCCCCCC/C=C\C/C=C\CCCCCCCCCCCC(=O)OC(CCCCCC)CCCCCC(=O)NCC(=O)O. The minimum atomic E-state index is -1.03. The summed E-state index contributed by atoms with van der Waals surface area (Å²) in [5, 5.41) is 11.0. The molecule has 0 aliphatic heterocycles. The van der Waals surface area contributed by atoms with Gasteiger partial charge in [-0.2, -0.15) is 0 Å². The summed E-state index contributed by atoms with van der Waals surface area (Å²) >= 11 is 0. The number of ether oxygens (including phenoxy) is 1. The molecule has 0 aromatic rings. The van der Waals surface area contributed by atoms with Crippen molar-refractivity contribution in [3.05, 3.63) is 24.3 Å². The molecular formula is C39H71NO5. The van der Waals surface area contributed by atoms with Crippen LogP contribution in [-0.2, 0) is 19.1 Å². The van der Waals surface area contributed by atoms with Crippen molar-refractivity contribution in [3.63, 3.8) is 0 Å². The number of rotatable bonds is 34. The summed E-state index contributed by atoms with van der Waals surface area (Å²) in [7, 11) is 0. The molecule has 6 heteroatoms. The first kappa shape index (κ1) is 42.9. The number of hydrogen-bond donors (Lipinski definition) is 2. The Morgan fingerprint density at radius 2 is 1.02 bits per heavy atom. The van der Waals surface area contributed by atoms with Crippen molar-refractivity contribution >= 4 is 17.8 Å². The average molecular weight is 634 g/mol. The summed E-state index contributed by atoms with van der Waals surface area (Å²) in [5.74, 6) is -1.31. The fourth-order valence-corrected chi connectivity index (χ4v) is 5.54. The molecule has 0 aromatic carbocycles. The molecule has 262 valence electrons. The van der Waals surface area contributed by atoms with Crippen molar-refractivity contribution in [2.45, 2.75) is 200 Å². The lowest BCUT2D eigenvalue weighted by atomic mass is 10.0. The summed E-state index contributed by atoms with van der Waals surface area (Å²) in [6.07, 6.45) is 40.4. The third-order valence-corrected chi connectivity index (χ3v) is 8.38. The zero-order valence-electron chi connectivity index (χ0n) is 29.5. The van der Waals surface area contributed by atoms with Crippen LogP contribution in [0.1, 0.15) is 194 Å². The van der Waals surface area contributed by atoms with Gasteiger partial charge in [0.15, 0.2) is 0 Å². The number of esters is 1. The van der Waals surface area contributed by atoms with Gasteiger partial charge in [-0.3, -0.25) is 14.4 Å². The number of carboxylic acid groups (broad SMARTS) is 1. The lowest BCUT2D eigenvalue weighted by molar-refractivity contribution is -0.150. The van der Waals surface area contributed by atoms with E-state index in [0.717, 1.165) is 57.8 Å². The fraction of sp³-hybridized carbons (Fsp3) is 0.821. The quantitative estimate of drug-likeness (QED) is 0.0418. The molecule has 2 N–H and O–H groups in total. The monoisotopic (exact) mass is 634 g/mol. The third kappa shape index (κ3) is 34.6. The van der Waals surface area contributed by atoms with Crippen LogP contribution < -0.4 is 5.32 Å². The molecule has 0 spiro atoms. The first-order valence-corrected chi connectivity index (χ1v) is 19.0. The third-order valence-electron chi connectivity index (χ3n) is 8.38. The van der Waals surface area contributed by atoms with E-state index in [0.29, 0.717) is 12.8 Å². The smallest absolute Gasteiger partial charge is 0.322 e. The van der Waals surface area contributed by atoms with Crippen LogP contribution in [0.5, 0.6) is 0 Å². The number of unbranched alkanes of at least 4 members (excludes halogenated alkanes) is 19. The molecule has 0 radical (unpaired) electrons. The molecule has 6 nitrogen and oxygen atoms in total. The van der Waals surface area contributed by atoms with Crippen molar-refractivity contribution in [3.8, 4) is 0 Å². The Kier molecular flexibility index (Phi) is 33.1. The van der Waals surface area contributed by atoms with E-state index in [1.54, 1.807) is 0 Å². The maximum atomic E-state index is 12.5. The second-order valence-corrected chi connectivity index (χ2v) is 12.8. The van der Waals surface area contributed by atoms with Crippen LogP contribution in [0.15, 0.2) is 24.3 Å². The number of allylic oxidation sites excluding steroid dienone is 4. The van der Waals surface area contributed by atoms with Gasteiger partial charge in [0.05, 0.1) is 0 Å². The van der Waals surface area contributed by atoms with Gasteiger partial charge in [0, 0.05) is 12.8 Å². The highest BCUT2D eigenvalue weighted by molar-refractivity contribution is 5.80. The Hall–Kier alpha value is -2.11. The average Bonchev–Trinajstić information content (AvgIpc) is 3.02. The molecule has 0 heterocycles. The van der Waals surface area contributed by atoms with Gasteiger partial charge in [0.25, 0.3) is 0 Å². The lowest BCUT2D eigenvalue weighted by Crippen LogP contribution is -2.28. The molecule has 1 atom stereocenters. The molecule has 0 aliphatic carbocycles. The second-order valence-electron chi connectivity index (χ2n) is 12.8. The predicted molar refractivity (Wildman–Crippen MR) is 189 cm³/mol. The Balaban J connectivity index is 3.79. The van der Waals surface area contributed by atoms with E-state index in [9.17, 15) is 14.4 Å². The van der Waals surface area contributed by atoms with Crippen LogP contribution >= 0.6 is 0 Å². The molecule has 0 bridgehead atoms. The Labute approximate surface area is 277 Å². The van der Waals surface area contributed by atoms with E-state index in [4.69, 9.17) is 9.84 Å². The first-order valence-electron chi connectivity index (χ1n) is 19.0. The summed E-state index contributed by atoms with van der Waals surface area (Å²) in [5.41, 5.74) is 0. The number of carboxylic acids is 1. The standard InChI is InChI=1S/C39H71NO5/c1-3-5-7-9-10-11-12-13-14-15-16-17-18-19-20-21-22-23-24-25-30-34-39(44)45-36(31-27-8-6-4-2)32-28-26-29-33-37(41)40-35-38(42)43/h12-13,15-16,36H,3-11,14,17-35H2,1-2H3,(H,40,41)(H,42,43)/b13-12-,16-15-. The number of carbonyl (C=O) groups excluding carboxylic acids is 2. The Morgan fingerprint density at radius 1 is 0.578 bits per heavy atom. The second kappa shape index (κ2) is 34.8. The van der Waals surface area contributed by atoms with Crippen molar-refractivity contribution in [1.29, 1.82) is 0 Å². The number of hydrogen-bond acceptors (Lipinski definition) is 4. The zero-order valence-corrected chi connectivity index (χ0v) is 29.5. The Morgan fingerprint density at radius 3 is 1.56 bits per heavy atom. The van der Waals surface area contributed by atoms with Crippen molar-refractivity contribution in [1.82, 2.24) is 5.32 Å². The number of carbonyl (C=O) groups is 3. The normalized spacial score (nSPS) is 12.2. The summed E-state index contributed by atoms with van der Waals surface area (Å²) in [6.45, 7) is 4.13. The fourth-order valence-electron chi connectivity index (χ4n) is 5.54. The maximum Gasteiger partial charge on any atom is 0.322 e. The highest BCUT2D eigenvalue weighted by Gasteiger charge is 2.14. The lowest BCUT2D eigenvalue weighted by Gasteiger charge is -2.18. The topological polar surface area (TPSA) is 92.7 Å². The first-order chi connectivity index (χ1) is 22.0. The largest absolute Gasteiger partial charge is 0.480 e. The Bertz CT molecular complexity index is 748. The van der Waals surface area contributed by atoms with E-state index >= 15 is 0 Å². The van der Waals surface area contributed by atoms with E-state index in [1.807, 2.05) is 0 Å². The van der Waals surface area contributed by atoms with E-state index in [1.165, 1.54) is 109 Å². The van der Waals surface area contributed by atoms with Crippen molar-refractivity contribution in [2.24, 2.45) is 0 Å². The molecule has 0 aliphatic rings. The minimum absolute atomic E-state index is 0.0302. The molecule has 0 rings (SSSR count). The number of amides is 1. The summed E-state index contributed by atoms with van der Waals surface area (Å²) in [6, 6.07) is 0. The van der Waals surface area contributed by atoms with E-state index < -0.39 is 5.97 Å². The highest BCUT2D eigenvalue weighted by atomic mass is 16.5. The van der Waals surface area contributed by atoms with Crippen LogP contribution in [-0.4, -0.2) is 35.6 Å². The predicted octanol–water partition coefficient (Wildman–Crippen LogP) is 11.2. The van der Waals surface area contributed by atoms with Gasteiger partial charge in [0.2, 0.25) is 5.91 Å². The molecular weight excluding hydrogens is 562 g/mol. The van der Waals surface area contributed by atoms with E-state index in [-0.39, 0.29) is 24.5 Å². The minimum Gasteiger partial charge on any atom is -0.480 e. The zero-order chi connectivity index (χ0) is 33.1. The molecule has 45 heavy (non-hydrogen) atoms. The molecule has 0 saturated carbocycles. The van der Waals surface area contributed by atoms with E-state index in [2.05, 4.69) is 43.5 Å². The van der Waals surface area contributed by atoms with Gasteiger partial charge in [-0.25, -0.2) is 0 Å². The van der Waals surface area contributed by atoms with Crippen molar-refractivity contribution in [2.75, 3.05) is 6.54 Å². The van der Waals surface area contributed by atoms with Gasteiger partial charge in [-0.15, -0.1) is 0 Å². The molecule has 1 unspecified atom stereocenters. The van der Waals surface area contributed by atoms with Crippen LogP contribution in [0, 0.1) is 0 Å². The maximum absolute atomic E-state index is 12.5. The van der Waals surface area contributed by atoms with Gasteiger partial charge in [-0.1, -0.05) is 134 Å². The summed E-state index contributed by atoms with van der Waals surface area (Å²) in [4.78, 5) is 34.7. The van der Waals surface area contributed by atoms with Gasteiger partial charge < -0.3 is 15.2 Å². The van der Waals surface area contributed by atoms with Crippen LogP contribution in [0.2, 0.25) is 0 Å². The summed E-state index contributed by atoms with van der Waals surface area (Å²) < 4.78 is 5.88. The van der Waals surface area contributed by atoms with Gasteiger partial charge in [0.1, 0.15) is 12.6 Å². The molecule has 0 aromatic heterocycles. The number of nitrogens with one attached hydrogen (secondary N) is 1. The molecule has 0 saturated heterocycles. The van der Waals surface area contributed by atoms with Crippen LogP contribution in [0.25, 0.3) is 0 Å².